The highest BCUT2D eigenvalue weighted by atomic mass is 35.5. The van der Waals surface area contributed by atoms with Crippen LogP contribution in [0, 0.1) is 5.92 Å². The summed E-state index contributed by atoms with van der Waals surface area (Å²) in [6.45, 7) is 0.705. The zero-order valence-electron chi connectivity index (χ0n) is 10.0. The van der Waals surface area contributed by atoms with E-state index >= 15 is 0 Å². The molecule has 1 aromatic rings. The van der Waals surface area contributed by atoms with E-state index in [1.165, 1.54) is 0 Å². The molecule has 4 heteroatoms. The van der Waals surface area contributed by atoms with Crippen LogP contribution in [0.15, 0.2) is 35.2 Å². The summed E-state index contributed by atoms with van der Waals surface area (Å²) in [5.41, 5.74) is 0.496. The maximum absolute atomic E-state index is 12.0. The maximum Gasteiger partial charge on any atom is 0.252 e. The van der Waals surface area contributed by atoms with Crippen molar-refractivity contribution in [1.82, 2.24) is 5.32 Å². The lowest BCUT2D eigenvalue weighted by Gasteiger charge is -2.18. The van der Waals surface area contributed by atoms with E-state index in [-0.39, 0.29) is 5.91 Å². The number of thiol groups is 1. The van der Waals surface area contributed by atoms with Crippen LogP contribution < -0.4 is 5.32 Å². The Morgan fingerprint density at radius 1 is 1.44 bits per heavy atom. The Balaban J connectivity index is 1.95. The standard InChI is InChI=1S/C14H16ClNOS/c15-13-7-6-11(18)8-12(13)14(17)16-9-10-4-2-1-3-5-10/h1-2,6-8,10,18H,3-5,9H2,(H,16,17). The molecule has 0 aliphatic heterocycles. The minimum Gasteiger partial charge on any atom is -0.352 e. The van der Waals surface area contributed by atoms with Crippen molar-refractivity contribution >= 4 is 30.1 Å². The fourth-order valence-electron chi connectivity index (χ4n) is 2.06. The molecule has 1 amide bonds. The predicted octanol–water partition coefficient (Wildman–Crippen LogP) is 3.71. The average Bonchev–Trinajstić information content (AvgIpc) is 2.40. The largest absolute Gasteiger partial charge is 0.352 e. The number of benzene rings is 1. The minimum absolute atomic E-state index is 0.120. The van der Waals surface area contributed by atoms with Gasteiger partial charge in [-0.25, -0.2) is 0 Å². The van der Waals surface area contributed by atoms with Gasteiger partial charge in [0.25, 0.3) is 5.91 Å². The summed E-state index contributed by atoms with van der Waals surface area (Å²) in [6, 6.07) is 5.16. The van der Waals surface area contributed by atoms with Crippen molar-refractivity contribution in [3.63, 3.8) is 0 Å². The highest BCUT2D eigenvalue weighted by molar-refractivity contribution is 7.80. The van der Waals surface area contributed by atoms with Crippen molar-refractivity contribution < 1.29 is 4.79 Å². The molecule has 18 heavy (non-hydrogen) atoms. The third kappa shape index (κ3) is 3.53. The van der Waals surface area contributed by atoms with Gasteiger partial charge in [-0.3, -0.25) is 4.79 Å². The highest BCUT2D eigenvalue weighted by Crippen LogP contribution is 2.20. The second kappa shape index (κ2) is 6.30. The lowest BCUT2D eigenvalue weighted by molar-refractivity contribution is 0.0946. The van der Waals surface area contributed by atoms with Crippen LogP contribution in [0.3, 0.4) is 0 Å². The molecular formula is C14H16ClNOS. The predicted molar refractivity (Wildman–Crippen MR) is 77.5 cm³/mol. The first-order chi connectivity index (χ1) is 8.66. The number of carbonyl (C=O) groups is 1. The first-order valence-corrected chi connectivity index (χ1v) is 6.91. The van der Waals surface area contributed by atoms with E-state index in [0.717, 1.165) is 24.2 Å². The Hall–Kier alpha value is -0.930. The van der Waals surface area contributed by atoms with Crippen molar-refractivity contribution in [2.75, 3.05) is 6.54 Å². The van der Waals surface area contributed by atoms with Crippen molar-refractivity contribution in [2.24, 2.45) is 5.92 Å². The average molecular weight is 282 g/mol. The Kier molecular flexibility index (Phi) is 4.72. The molecule has 96 valence electrons. The van der Waals surface area contributed by atoms with Crippen molar-refractivity contribution in [3.05, 3.63) is 40.9 Å². The number of amides is 1. The van der Waals surface area contributed by atoms with E-state index in [1.807, 2.05) is 0 Å². The van der Waals surface area contributed by atoms with Gasteiger partial charge in [0.1, 0.15) is 0 Å². The fourth-order valence-corrected chi connectivity index (χ4v) is 2.47. The SMILES string of the molecule is O=C(NCC1CC=CCC1)c1cc(S)ccc1Cl. The quantitative estimate of drug-likeness (QED) is 0.642. The van der Waals surface area contributed by atoms with Gasteiger partial charge in [-0.1, -0.05) is 23.8 Å². The molecule has 1 N–H and O–H groups in total. The molecule has 0 bridgehead atoms. The van der Waals surface area contributed by atoms with Gasteiger partial charge < -0.3 is 5.32 Å². The lowest BCUT2D eigenvalue weighted by atomic mass is 9.94. The smallest absolute Gasteiger partial charge is 0.252 e. The molecule has 0 saturated heterocycles. The molecule has 0 radical (unpaired) electrons. The molecular weight excluding hydrogens is 266 g/mol. The summed E-state index contributed by atoms with van der Waals surface area (Å²) < 4.78 is 0. The zero-order valence-corrected chi connectivity index (χ0v) is 11.7. The highest BCUT2D eigenvalue weighted by Gasteiger charge is 2.14. The van der Waals surface area contributed by atoms with Gasteiger partial charge in [0.05, 0.1) is 10.6 Å². The number of carbonyl (C=O) groups excluding carboxylic acids is 1. The second-order valence-electron chi connectivity index (χ2n) is 4.52. The molecule has 0 spiro atoms. The van der Waals surface area contributed by atoms with Gasteiger partial charge in [0.15, 0.2) is 0 Å². The molecule has 0 saturated carbocycles. The Bertz CT molecular complexity index is 473. The van der Waals surface area contributed by atoms with Crippen LogP contribution in [0.5, 0.6) is 0 Å². The third-order valence-corrected chi connectivity index (χ3v) is 3.73. The minimum atomic E-state index is -0.120. The monoisotopic (exact) mass is 281 g/mol. The van der Waals surface area contributed by atoms with Crippen molar-refractivity contribution in [3.8, 4) is 0 Å². The summed E-state index contributed by atoms with van der Waals surface area (Å²) in [5.74, 6) is 0.419. The van der Waals surface area contributed by atoms with E-state index in [9.17, 15) is 4.79 Å². The van der Waals surface area contributed by atoms with E-state index in [1.54, 1.807) is 18.2 Å². The third-order valence-electron chi connectivity index (χ3n) is 3.12. The van der Waals surface area contributed by atoms with Crippen LogP contribution in [0.25, 0.3) is 0 Å². The first-order valence-electron chi connectivity index (χ1n) is 6.08. The summed E-state index contributed by atoms with van der Waals surface area (Å²) >= 11 is 10.2. The Morgan fingerprint density at radius 2 is 2.28 bits per heavy atom. The van der Waals surface area contributed by atoms with E-state index in [2.05, 4.69) is 30.1 Å². The van der Waals surface area contributed by atoms with Crippen LogP contribution >= 0.6 is 24.2 Å². The van der Waals surface area contributed by atoms with E-state index < -0.39 is 0 Å². The fraction of sp³-hybridized carbons (Fsp3) is 0.357. The van der Waals surface area contributed by atoms with E-state index in [4.69, 9.17) is 11.6 Å². The van der Waals surface area contributed by atoms with Gasteiger partial charge in [-0.15, -0.1) is 12.6 Å². The van der Waals surface area contributed by atoms with Crippen LogP contribution in [0.2, 0.25) is 5.02 Å². The molecule has 0 heterocycles. The normalized spacial score (nSPS) is 18.7. The Labute approximate surface area is 118 Å². The van der Waals surface area contributed by atoms with Crippen LogP contribution in [0.1, 0.15) is 29.6 Å². The summed E-state index contributed by atoms with van der Waals surface area (Å²) in [6.07, 6.45) is 7.66. The Morgan fingerprint density at radius 3 is 3.00 bits per heavy atom. The number of rotatable bonds is 3. The van der Waals surface area contributed by atoms with Gasteiger partial charge in [0.2, 0.25) is 0 Å². The molecule has 2 nitrogen and oxygen atoms in total. The van der Waals surface area contributed by atoms with Crippen LogP contribution in [-0.4, -0.2) is 12.5 Å². The first kappa shape index (κ1) is 13.5. The molecule has 2 rings (SSSR count). The van der Waals surface area contributed by atoms with Crippen LogP contribution in [0.4, 0.5) is 0 Å². The lowest BCUT2D eigenvalue weighted by Crippen LogP contribution is -2.29. The number of hydrogen-bond acceptors (Lipinski definition) is 2. The number of halogens is 1. The van der Waals surface area contributed by atoms with Crippen molar-refractivity contribution in [1.29, 1.82) is 0 Å². The number of nitrogens with one attached hydrogen (secondary N) is 1. The van der Waals surface area contributed by atoms with Gasteiger partial charge in [-0.05, 0) is 43.4 Å². The molecule has 1 unspecified atom stereocenters. The second-order valence-corrected chi connectivity index (χ2v) is 5.45. The molecule has 1 atom stereocenters. The van der Waals surface area contributed by atoms with Gasteiger partial charge in [-0.2, -0.15) is 0 Å². The summed E-state index contributed by atoms with van der Waals surface area (Å²) in [5, 5.41) is 3.41. The number of allylic oxidation sites excluding steroid dienone is 2. The van der Waals surface area contributed by atoms with Gasteiger partial charge in [0, 0.05) is 11.4 Å². The molecule has 0 fully saturated rings. The summed E-state index contributed by atoms with van der Waals surface area (Å²) in [7, 11) is 0. The van der Waals surface area contributed by atoms with Crippen molar-refractivity contribution in [2.45, 2.75) is 24.2 Å². The molecule has 1 aromatic carbocycles. The summed E-state index contributed by atoms with van der Waals surface area (Å²) in [4.78, 5) is 12.8. The molecule has 1 aliphatic rings. The maximum atomic E-state index is 12.0. The zero-order chi connectivity index (χ0) is 13.0. The van der Waals surface area contributed by atoms with Gasteiger partial charge >= 0.3 is 0 Å². The topological polar surface area (TPSA) is 29.1 Å². The van der Waals surface area contributed by atoms with Crippen LogP contribution in [-0.2, 0) is 0 Å². The number of hydrogen-bond donors (Lipinski definition) is 2. The van der Waals surface area contributed by atoms with E-state index in [0.29, 0.717) is 23.0 Å². The molecule has 0 aromatic heterocycles. The molecule has 1 aliphatic carbocycles.